The summed E-state index contributed by atoms with van der Waals surface area (Å²) >= 11 is 0. The van der Waals surface area contributed by atoms with Gasteiger partial charge < -0.3 is 29.6 Å². The first-order valence-electron chi connectivity index (χ1n) is 14.0. The second-order valence-corrected chi connectivity index (χ2v) is 11.1. The van der Waals surface area contributed by atoms with Gasteiger partial charge in [0.25, 0.3) is 0 Å². The number of aromatic nitrogens is 1. The number of carbonyl (C=O) groups is 2. The van der Waals surface area contributed by atoms with E-state index in [0.29, 0.717) is 45.7 Å². The number of rotatable bonds is 4. The van der Waals surface area contributed by atoms with Gasteiger partial charge in [-0.25, -0.2) is 9.18 Å². The Kier molecular flexibility index (Phi) is 7.14. The number of methoxy groups -OCH3 is 1. The summed E-state index contributed by atoms with van der Waals surface area (Å²) in [5.74, 6) is 0.353. The lowest BCUT2D eigenvalue weighted by molar-refractivity contribution is -0.134. The summed E-state index contributed by atoms with van der Waals surface area (Å²) in [6.45, 7) is 7.03. The summed E-state index contributed by atoms with van der Waals surface area (Å²) in [7, 11) is 1.66. The Hall–Kier alpha value is -3.63. The number of carbonyl (C=O) groups excluding carboxylic acids is 2. The molecule has 1 spiro atoms. The van der Waals surface area contributed by atoms with Crippen LogP contribution in [0, 0.1) is 5.82 Å². The molecule has 3 aliphatic rings. The van der Waals surface area contributed by atoms with Gasteiger partial charge in [0.2, 0.25) is 5.91 Å². The van der Waals surface area contributed by atoms with E-state index >= 15 is 0 Å². The van der Waals surface area contributed by atoms with Crippen LogP contribution in [0.3, 0.4) is 0 Å². The quantitative estimate of drug-likeness (QED) is 0.511. The van der Waals surface area contributed by atoms with Gasteiger partial charge >= 0.3 is 6.03 Å². The van der Waals surface area contributed by atoms with Crippen LogP contribution in [0.15, 0.2) is 42.5 Å². The van der Waals surface area contributed by atoms with Crippen LogP contribution in [0.5, 0.6) is 5.75 Å². The van der Waals surface area contributed by atoms with Gasteiger partial charge in [-0.05, 0) is 42.7 Å². The fraction of sp³-hybridized carbons (Fsp3) is 0.467. The van der Waals surface area contributed by atoms with Crippen LogP contribution in [0.4, 0.5) is 14.9 Å². The van der Waals surface area contributed by atoms with Crippen molar-refractivity contribution in [2.75, 3.05) is 64.9 Å². The monoisotopic (exact) mass is 549 g/mol. The number of urea groups is 1. The molecule has 2 saturated heterocycles. The Morgan fingerprint density at radius 3 is 2.58 bits per heavy atom. The summed E-state index contributed by atoms with van der Waals surface area (Å²) in [5.41, 5.74) is 3.16. The largest absolute Gasteiger partial charge is 0.497 e. The molecular weight excluding hydrogens is 513 g/mol. The number of H-pyrrole nitrogens is 1. The summed E-state index contributed by atoms with van der Waals surface area (Å²) in [4.78, 5) is 36.0. The van der Waals surface area contributed by atoms with Crippen molar-refractivity contribution >= 4 is 28.5 Å². The highest BCUT2D eigenvalue weighted by atomic mass is 19.1. The number of para-hydroxylation sites is 1. The number of benzene rings is 2. The Morgan fingerprint density at radius 1 is 1.12 bits per heavy atom. The van der Waals surface area contributed by atoms with E-state index < -0.39 is 5.82 Å². The number of amides is 3. The Bertz CT molecular complexity index is 1410. The number of nitrogens with zero attached hydrogens (tertiary/aromatic N) is 3. The molecule has 40 heavy (non-hydrogen) atoms. The summed E-state index contributed by atoms with van der Waals surface area (Å²) < 4.78 is 25.2. The van der Waals surface area contributed by atoms with Crippen molar-refractivity contribution in [3.8, 4) is 5.75 Å². The van der Waals surface area contributed by atoms with Gasteiger partial charge in [-0.2, -0.15) is 0 Å². The van der Waals surface area contributed by atoms with Crippen molar-refractivity contribution in [3.05, 3.63) is 59.5 Å². The normalized spacial score (nSPS) is 20.9. The summed E-state index contributed by atoms with van der Waals surface area (Å²) in [6.07, 6.45) is 1.38. The van der Waals surface area contributed by atoms with E-state index in [4.69, 9.17) is 9.47 Å². The first-order chi connectivity index (χ1) is 19.4. The van der Waals surface area contributed by atoms with Crippen molar-refractivity contribution in [2.24, 2.45) is 0 Å². The molecule has 4 heterocycles. The van der Waals surface area contributed by atoms with Crippen LogP contribution in [0.2, 0.25) is 0 Å². The fourth-order valence-electron chi connectivity index (χ4n) is 6.67. The molecule has 212 valence electrons. The third kappa shape index (κ3) is 4.79. The number of piperidine rings is 1. The predicted molar refractivity (Wildman–Crippen MR) is 150 cm³/mol. The van der Waals surface area contributed by atoms with Crippen LogP contribution >= 0.6 is 0 Å². The molecule has 0 unspecified atom stereocenters. The number of ether oxygens (including phenoxy) is 2. The fourth-order valence-corrected chi connectivity index (χ4v) is 6.67. The minimum Gasteiger partial charge on any atom is -0.497 e. The lowest BCUT2D eigenvalue weighted by Gasteiger charge is -2.51. The zero-order valence-electron chi connectivity index (χ0n) is 23.0. The maximum absolute atomic E-state index is 14.2. The average Bonchev–Trinajstić information content (AvgIpc) is 3.36. The molecule has 10 heteroatoms. The molecule has 0 radical (unpaired) electrons. The zero-order chi connectivity index (χ0) is 27.9. The molecule has 6 rings (SSSR count). The zero-order valence-corrected chi connectivity index (χ0v) is 23.0. The van der Waals surface area contributed by atoms with Crippen LogP contribution < -0.4 is 10.1 Å². The molecule has 3 aliphatic heterocycles. The van der Waals surface area contributed by atoms with E-state index in [0.717, 1.165) is 42.0 Å². The molecular formula is C30H36FN5O4. The maximum Gasteiger partial charge on any atom is 0.321 e. The van der Waals surface area contributed by atoms with E-state index in [1.807, 2.05) is 17.0 Å². The van der Waals surface area contributed by atoms with Crippen molar-refractivity contribution < 1.29 is 23.5 Å². The third-order valence-electron chi connectivity index (χ3n) is 8.81. The van der Waals surface area contributed by atoms with Gasteiger partial charge in [-0.1, -0.05) is 12.1 Å². The molecule has 3 aromatic rings. The number of hydrogen-bond acceptors (Lipinski definition) is 5. The lowest BCUT2D eigenvalue weighted by atomic mass is 9.68. The topological polar surface area (TPSA) is 90.1 Å². The Morgan fingerprint density at radius 2 is 1.88 bits per heavy atom. The highest BCUT2D eigenvalue weighted by Gasteiger charge is 2.49. The Balaban J connectivity index is 1.34. The molecule has 2 aromatic carbocycles. The molecule has 0 aliphatic carbocycles. The van der Waals surface area contributed by atoms with Gasteiger partial charge in [0.1, 0.15) is 11.6 Å². The molecule has 0 bridgehead atoms. The number of nitrogens with one attached hydrogen (secondary N) is 2. The molecule has 0 saturated carbocycles. The number of hydrogen-bond donors (Lipinski definition) is 2. The smallest absolute Gasteiger partial charge is 0.321 e. The Labute approximate surface area is 233 Å². The number of anilines is 1. The van der Waals surface area contributed by atoms with Crippen LogP contribution in [-0.2, 0) is 14.9 Å². The van der Waals surface area contributed by atoms with E-state index in [-0.39, 0.29) is 29.1 Å². The second-order valence-electron chi connectivity index (χ2n) is 11.1. The van der Waals surface area contributed by atoms with Gasteiger partial charge in [0, 0.05) is 74.3 Å². The van der Waals surface area contributed by atoms with Gasteiger partial charge in [-0.15, -0.1) is 0 Å². The molecule has 1 aromatic heterocycles. The van der Waals surface area contributed by atoms with Crippen molar-refractivity contribution in [3.63, 3.8) is 0 Å². The van der Waals surface area contributed by atoms with Gasteiger partial charge in [0.05, 0.1) is 32.1 Å². The number of halogens is 1. The first-order valence-corrected chi connectivity index (χ1v) is 14.0. The third-order valence-corrected chi connectivity index (χ3v) is 8.81. The van der Waals surface area contributed by atoms with Gasteiger partial charge in [-0.3, -0.25) is 9.69 Å². The summed E-state index contributed by atoms with van der Waals surface area (Å²) in [6, 6.07) is 11.9. The SMILES string of the molecule is COc1ccc2c3c([nH]c2c1)[C@H](CN1CCOCC1)N(C(C)=O)CC31CCN(C(=O)Nc2ccccc2F)CC1. The molecule has 9 nitrogen and oxygen atoms in total. The highest BCUT2D eigenvalue weighted by Crippen LogP contribution is 2.49. The van der Waals surface area contributed by atoms with Crippen LogP contribution in [0.1, 0.15) is 37.1 Å². The second kappa shape index (κ2) is 10.7. The van der Waals surface area contributed by atoms with E-state index in [9.17, 15) is 14.0 Å². The summed E-state index contributed by atoms with van der Waals surface area (Å²) in [5, 5.41) is 3.85. The van der Waals surface area contributed by atoms with E-state index in [1.165, 1.54) is 11.6 Å². The molecule has 3 amide bonds. The van der Waals surface area contributed by atoms with E-state index in [2.05, 4.69) is 21.3 Å². The number of morpholine rings is 1. The standard InChI is InChI=1S/C30H36FN5O4/c1-20(37)36-19-30(9-11-35(12-10-30)29(38)33-24-6-4-3-5-23(24)31)27-22-8-7-21(39-2)17-25(22)32-28(27)26(36)18-34-13-15-40-16-14-34/h3-8,17,26,32H,9-16,18-19H2,1-2H3,(H,33,38)/t26-/m0/s1. The van der Waals surface area contributed by atoms with Crippen LogP contribution in [-0.4, -0.2) is 91.2 Å². The van der Waals surface area contributed by atoms with Crippen molar-refractivity contribution in [2.45, 2.75) is 31.2 Å². The molecule has 1 atom stereocenters. The minimum atomic E-state index is -0.459. The first kappa shape index (κ1) is 26.6. The number of fused-ring (bicyclic) bond motifs is 4. The molecule has 2 N–H and O–H groups in total. The lowest BCUT2D eigenvalue weighted by Crippen LogP contribution is -2.57. The predicted octanol–water partition coefficient (Wildman–Crippen LogP) is 4.12. The van der Waals surface area contributed by atoms with Gasteiger partial charge in [0.15, 0.2) is 0 Å². The highest BCUT2D eigenvalue weighted by molar-refractivity contribution is 5.90. The van der Waals surface area contributed by atoms with Crippen LogP contribution in [0.25, 0.3) is 10.9 Å². The average molecular weight is 550 g/mol. The van der Waals surface area contributed by atoms with E-state index in [1.54, 1.807) is 37.1 Å². The molecule has 2 fully saturated rings. The van der Waals surface area contributed by atoms with Crippen molar-refractivity contribution in [1.29, 1.82) is 0 Å². The minimum absolute atomic E-state index is 0.0410. The number of aromatic amines is 1. The maximum atomic E-state index is 14.2. The van der Waals surface area contributed by atoms with Crippen molar-refractivity contribution in [1.82, 2.24) is 19.7 Å². The number of likely N-dealkylation sites (tertiary alicyclic amines) is 1.